The average molecular weight is 749 g/mol. The normalized spacial score (nSPS) is 11.6. The molecule has 0 saturated heterocycles. The summed E-state index contributed by atoms with van der Waals surface area (Å²) < 4.78 is 5.22. The van der Waals surface area contributed by atoms with Crippen molar-refractivity contribution < 1.29 is 0 Å². The van der Waals surface area contributed by atoms with Crippen LogP contribution in [0.3, 0.4) is 0 Å². The van der Waals surface area contributed by atoms with Crippen molar-refractivity contribution in [3.8, 4) is 67.3 Å². The second-order valence-electron chi connectivity index (χ2n) is 14.2. The molecule has 0 spiro atoms. The quantitative estimate of drug-likeness (QED) is 0.169. The van der Waals surface area contributed by atoms with Crippen molar-refractivity contribution >= 4 is 63.0 Å². The van der Waals surface area contributed by atoms with E-state index in [0.29, 0.717) is 5.82 Å². The predicted octanol–water partition coefficient (Wildman–Crippen LogP) is 15.2. The van der Waals surface area contributed by atoms with E-state index in [1.807, 2.05) is 46.9 Å². The number of hydrogen-bond donors (Lipinski definition) is 0. The van der Waals surface area contributed by atoms with E-state index in [0.717, 1.165) is 39.2 Å². The van der Waals surface area contributed by atoms with Crippen molar-refractivity contribution in [1.82, 2.24) is 9.97 Å². The maximum atomic E-state index is 5.28. The SMILES string of the molecule is c1ccc(-c2cc(-c3cc(-c4ccc5sc6ccccc6c5c4)cc(-c4ccccc4-c4ccc5sc6ccccc6c5c4)c3)nc(-c3ccccc3)n2)cc1. The van der Waals surface area contributed by atoms with Gasteiger partial charge in [0.1, 0.15) is 0 Å². The molecule has 11 rings (SSSR count). The minimum absolute atomic E-state index is 0.705. The summed E-state index contributed by atoms with van der Waals surface area (Å²) in [4.78, 5) is 10.4. The zero-order valence-electron chi connectivity index (χ0n) is 30.2. The maximum absolute atomic E-state index is 5.28. The van der Waals surface area contributed by atoms with Gasteiger partial charge in [-0.05, 0) is 94.0 Å². The summed E-state index contributed by atoms with van der Waals surface area (Å²) in [6.07, 6.45) is 0. The second kappa shape index (κ2) is 13.5. The van der Waals surface area contributed by atoms with Gasteiger partial charge in [-0.2, -0.15) is 0 Å². The molecule has 8 aromatic carbocycles. The maximum Gasteiger partial charge on any atom is 0.160 e. The fraction of sp³-hybridized carbons (Fsp3) is 0. The number of rotatable bonds is 6. The number of nitrogens with zero attached hydrogens (tertiary/aromatic N) is 2. The fourth-order valence-electron chi connectivity index (χ4n) is 7.95. The van der Waals surface area contributed by atoms with Crippen LogP contribution < -0.4 is 0 Å². The van der Waals surface area contributed by atoms with E-state index in [4.69, 9.17) is 9.97 Å². The lowest BCUT2D eigenvalue weighted by atomic mass is 9.90. The zero-order valence-corrected chi connectivity index (χ0v) is 31.8. The lowest BCUT2D eigenvalue weighted by molar-refractivity contribution is 1.18. The van der Waals surface area contributed by atoms with Gasteiger partial charge in [0.25, 0.3) is 0 Å². The molecule has 3 aromatic heterocycles. The summed E-state index contributed by atoms with van der Waals surface area (Å²) in [5.41, 5.74) is 11.9. The molecule has 0 radical (unpaired) electrons. The first-order chi connectivity index (χ1) is 27.7. The third-order valence-electron chi connectivity index (χ3n) is 10.7. The molecule has 11 aromatic rings. The highest BCUT2D eigenvalue weighted by Crippen LogP contribution is 2.42. The van der Waals surface area contributed by atoms with Crippen molar-refractivity contribution in [1.29, 1.82) is 0 Å². The van der Waals surface area contributed by atoms with Crippen molar-refractivity contribution in [2.75, 3.05) is 0 Å². The molecular formula is C52H32N2S2. The second-order valence-corrected chi connectivity index (χ2v) is 16.3. The Hall–Kier alpha value is -6.72. The van der Waals surface area contributed by atoms with Crippen LogP contribution in [0.5, 0.6) is 0 Å². The van der Waals surface area contributed by atoms with Crippen LogP contribution in [0.25, 0.3) is 108 Å². The lowest BCUT2D eigenvalue weighted by Gasteiger charge is -2.16. The van der Waals surface area contributed by atoms with Gasteiger partial charge in [-0.1, -0.05) is 133 Å². The van der Waals surface area contributed by atoms with Crippen LogP contribution in [0.15, 0.2) is 194 Å². The molecule has 262 valence electrons. The Morgan fingerprint density at radius 1 is 0.268 bits per heavy atom. The van der Waals surface area contributed by atoms with Gasteiger partial charge in [0.15, 0.2) is 5.82 Å². The molecule has 0 unspecified atom stereocenters. The number of hydrogen-bond acceptors (Lipinski definition) is 4. The van der Waals surface area contributed by atoms with Gasteiger partial charge < -0.3 is 0 Å². The van der Waals surface area contributed by atoms with Gasteiger partial charge in [0.2, 0.25) is 0 Å². The molecule has 0 N–H and O–H groups in total. The van der Waals surface area contributed by atoms with Crippen LogP contribution >= 0.6 is 22.7 Å². The number of fused-ring (bicyclic) bond motifs is 6. The minimum Gasteiger partial charge on any atom is -0.228 e. The van der Waals surface area contributed by atoms with Crippen molar-refractivity contribution in [3.63, 3.8) is 0 Å². The number of thiophene rings is 2. The van der Waals surface area contributed by atoms with E-state index in [9.17, 15) is 0 Å². The summed E-state index contributed by atoms with van der Waals surface area (Å²) in [6, 6.07) is 69.9. The topological polar surface area (TPSA) is 25.8 Å². The predicted molar refractivity (Wildman–Crippen MR) is 240 cm³/mol. The Labute approximate surface area is 332 Å². The van der Waals surface area contributed by atoms with Gasteiger partial charge in [-0.3, -0.25) is 0 Å². The first-order valence-corrected chi connectivity index (χ1v) is 20.4. The van der Waals surface area contributed by atoms with Gasteiger partial charge >= 0.3 is 0 Å². The Bertz CT molecular complexity index is 3190. The highest BCUT2D eigenvalue weighted by atomic mass is 32.1. The van der Waals surface area contributed by atoms with Gasteiger partial charge in [-0.15, -0.1) is 22.7 Å². The Kier molecular flexibility index (Phi) is 7.90. The summed E-state index contributed by atoms with van der Waals surface area (Å²) >= 11 is 3.70. The van der Waals surface area contributed by atoms with Crippen LogP contribution in [-0.4, -0.2) is 9.97 Å². The van der Waals surface area contributed by atoms with E-state index in [1.54, 1.807) is 0 Å². The van der Waals surface area contributed by atoms with Crippen LogP contribution in [0.4, 0.5) is 0 Å². The van der Waals surface area contributed by atoms with Crippen molar-refractivity contribution in [2.45, 2.75) is 0 Å². The molecule has 0 saturated carbocycles. The van der Waals surface area contributed by atoms with E-state index in [2.05, 4.69) is 170 Å². The molecule has 2 nitrogen and oxygen atoms in total. The Morgan fingerprint density at radius 3 is 1.39 bits per heavy atom. The lowest BCUT2D eigenvalue weighted by Crippen LogP contribution is -1.96. The van der Waals surface area contributed by atoms with Crippen LogP contribution in [0, 0.1) is 0 Å². The van der Waals surface area contributed by atoms with E-state index in [-0.39, 0.29) is 0 Å². The third kappa shape index (κ3) is 5.79. The highest BCUT2D eigenvalue weighted by Gasteiger charge is 2.17. The first-order valence-electron chi connectivity index (χ1n) is 18.8. The summed E-state index contributed by atoms with van der Waals surface area (Å²) in [5, 5.41) is 5.18. The van der Waals surface area contributed by atoms with Gasteiger partial charge in [0, 0.05) is 57.0 Å². The van der Waals surface area contributed by atoms with E-state index >= 15 is 0 Å². The Morgan fingerprint density at radius 2 is 0.732 bits per heavy atom. The monoisotopic (exact) mass is 748 g/mol. The van der Waals surface area contributed by atoms with Gasteiger partial charge in [-0.25, -0.2) is 9.97 Å². The van der Waals surface area contributed by atoms with Crippen LogP contribution in [-0.2, 0) is 0 Å². The molecule has 0 atom stereocenters. The van der Waals surface area contributed by atoms with Crippen molar-refractivity contribution in [3.05, 3.63) is 194 Å². The molecule has 4 heteroatoms. The summed E-state index contributed by atoms with van der Waals surface area (Å²) in [7, 11) is 0. The van der Waals surface area contributed by atoms with E-state index in [1.165, 1.54) is 62.6 Å². The first kappa shape index (κ1) is 32.7. The number of aromatic nitrogens is 2. The molecule has 0 bridgehead atoms. The Balaban J connectivity index is 1.14. The minimum atomic E-state index is 0.705. The fourth-order valence-corrected chi connectivity index (χ4v) is 10.1. The molecule has 56 heavy (non-hydrogen) atoms. The number of benzene rings is 8. The molecule has 0 fully saturated rings. The van der Waals surface area contributed by atoms with Crippen molar-refractivity contribution in [2.24, 2.45) is 0 Å². The molecule has 0 amide bonds. The zero-order chi connectivity index (χ0) is 37.0. The van der Waals surface area contributed by atoms with E-state index < -0.39 is 0 Å². The molecule has 0 aliphatic carbocycles. The van der Waals surface area contributed by atoms with Crippen LogP contribution in [0.1, 0.15) is 0 Å². The molecular weight excluding hydrogens is 717 g/mol. The highest BCUT2D eigenvalue weighted by molar-refractivity contribution is 7.26. The van der Waals surface area contributed by atoms with Gasteiger partial charge in [0.05, 0.1) is 11.4 Å². The third-order valence-corrected chi connectivity index (χ3v) is 13.0. The molecule has 3 heterocycles. The van der Waals surface area contributed by atoms with Crippen LogP contribution in [0.2, 0.25) is 0 Å². The smallest absolute Gasteiger partial charge is 0.160 e. The summed E-state index contributed by atoms with van der Waals surface area (Å²) in [5.74, 6) is 0.705. The largest absolute Gasteiger partial charge is 0.228 e. The molecule has 0 aliphatic heterocycles. The molecule has 0 aliphatic rings. The standard InChI is InChI=1S/C52H32N2S2/c1-3-13-33(14-4-1)46-32-47(54-52(53-46)34-15-5-2-6-16-34)39-28-37(35-23-25-50-44(30-35)42-19-9-11-21-48(42)55-50)27-38(29-39)41-18-8-7-17-40(41)36-24-26-51-45(31-36)43-20-10-12-22-49(43)56-51/h1-32H. The summed E-state index contributed by atoms with van der Waals surface area (Å²) in [6.45, 7) is 0. The average Bonchev–Trinajstić information content (AvgIpc) is 3.84.